The van der Waals surface area contributed by atoms with Crippen LogP contribution < -0.4 is 0 Å². The summed E-state index contributed by atoms with van der Waals surface area (Å²) in [6.45, 7) is 8.79. The van der Waals surface area contributed by atoms with Gasteiger partial charge in [-0.1, -0.05) is 40.0 Å². The predicted molar refractivity (Wildman–Crippen MR) is 82.2 cm³/mol. The van der Waals surface area contributed by atoms with E-state index in [1.165, 1.54) is 0 Å². The summed E-state index contributed by atoms with van der Waals surface area (Å²) >= 11 is 0. The van der Waals surface area contributed by atoms with Crippen molar-refractivity contribution in [3.63, 3.8) is 0 Å². The van der Waals surface area contributed by atoms with Crippen LogP contribution in [0.4, 0.5) is 0 Å². The first kappa shape index (κ1) is 19.2. The first-order chi connectivity index (χ1) is 8.78. The van der Waals surface area contributed by atoms with Gasteiger partial charge in [0.2, 0.25) is 9.05 Å². The van der Waals surface area contributed by atoms with Crippen molar-refractivity contribution < 1.29 is 13.2 Å². The molecule has 3 nitrogen and oxygen atoms in total. The van der Waals surface area contributed by atoms with E-state index in [-0.39, 0.29) is 17.3 Å². The van der Waals surface area contributed by atoms with Crippen LogP contribution in [0.1, 0.15) is 66.2 Å². The predicted octanol–water partition coefficient (Wildman–Crippen LogP) is 4.35. The molecule has 0 rings (SSSR count). The molecule has 0 spiro atoms. The molecule has 0 aliphatic heterocycles. The number of hydrogen-bond donors (Lipinski definition) is 0. The highest BCUT2D eigenvalue weighted by atomic mass is 35.7. The van der Waals surface area contributed by atoms with Gasteiger partial charge in [0.25, 0.3) is 0 Å². The standard InChI is InChI=1S/C14H29ClO3S/c1-5-8-13(4)18-11-14(9-6-2,10-7-3)12-19(15,16)17/h13H,5-12H2,1-4H3. The Morgan fingerprint density at radius 2 is 1.63 bits per heavy atom. The van der Waals surface area contributed by atoms with E-state index >= 15 is 0 Å². The van der Waals surface area contributed by atoms with Crippen LogP contribution in [0.15, 0.2) is 0 Å². The first-order valence-electron chi connectivity index (χ1n) is 7.32. The summed E-state index contributed by atoms with van der Waals surface area (Å²) in [6.07, 6.45) is 5.81. The molecule has 0 radical (unpaired) electrons. The molecule has 0 aliphatic carbocycles. The fraction of sp³-hybridized carbons (Fsp3) is 1.00. The van der Waals surface area contributed by atoms with Crippen molar-refractivity contribution in [1.82, 2.24) is 0 Å². The van der Waals surface area contributed by atoms with Gasteiger partial charge in [-0.15, -0.1) is 0 Å². The average molecular weight is 313 g/mol. The molecule has 0 N–H and O–H groups in total. The zero-order valence-corrected chi connectivity index (χ0v) is 14.3. The Labute approximate surface area is 123 Å². The van der Waals surface area contributed by atoms with Crippen LogP contribution >= 0.6 is 10.7 Å². The van der Waals surface area contributed by atoms with Gasteiger partial charge >= 0.3 is 0 Å². The topological polar surface area (TPSA) is 43.4 Å². The quantitative estimate of drug-likeness (QED) is 0.533. The summed E-state index contributed by atoms with van der Waals surface area (Å²) in [4.78, 5) is 0. The Morgan fingerprint density at radius 3 is 2.00 bits per heavy atom. The van der Waals surface area contributed by atoms with Gasteiger partial charge in [-0.25, -0.2) is 8.42 Å². The van der Waals surface area contributed by atoms with Crippen LogP contribution in [0.5, 0.6) is 0 Å². The molecule has 0 aromatic carbocycles. The highest BCUT2D eigenvalue weighted by Crippen LogP contribution is 2.33. The SMILES string of the molecule is CCCC(C)OCC(CCC)(CCC)CS(=O)(=O)Cl. The molecule has 0 bridgehead atoms. The monoisotopic (exact) mass is 312 g/mol. The van der Waals surface area contributed by atoms with Crippen molar-refractivity contribution in [2.45, 2.75) is 72.3 Å². The fourth-order valence-corrected chi connectivity index (χ4v) is 4.49. The normalized spacial score (nSPS) is 14.6. The summed E-state index contributed by atoms with van der Waals surface area (Å²) < 4.78 is 28.8. The van der Waals surface area contributed by atoms with E-state index in [0.717, 1.165) is 38.5 Å². The Morgan fingerprint density at radius 1 is 1.11 bits per heavy atom. The lowest BCUT2D eigenvalue weighted by Crippen LogP contribution is -2.35. The van der Waals surface area contributed by atoms with Crippen LogP contribution in [0.3, 0.4) is 0 Å². The lowest BCUT2D eigenvalue weighted by atomic mass is 9.82. The molecule has 19 heavy (non-hydrogen) atoms. The molecule has 0 aliphatic rings. The maximum atomic E-state index is 11.5. The molecule has 0 aromatic heterocycles. The van der Waals surface area contributed by atoms with Gasteiger partial charge < -0.3 is 4.74 Å². The van der Waals surface area contributed by atoms with E-state index in [9.17, 15) is 8.42 Å². The minimum Gasteiger partial charge on any atom is -0.378 e. The van der Waals surface area contributed by atoms with E-state index in [2.05, 4.69) is 20.8 Å². The van der Waals surface area contributed by atoms with Gasteiger partial charge in [0, 0.05) is 16.1 Å². The van der Waals surface area contributed by atoms with Crippen LogP contribution in [0.25, 0.3) is 0 Å². The van der Waals surface area contributed by atoms with E-state index in [4.69, 9.17) is 15.4 Å². The molecule has 0 aromatic rings. The second-order valence-corrected chi connectivity index (χ2v) is 8.37. The van der Waals surface area contributed by atoms with Crippen LogP contribution in [0.2, 0.25) is 0 Å². The van der Waals surface area contributed by atoms with Gasteiger partial charge in [0.1, 0.15) is 0 Å². The summed E-state index contributed by atoms with van der Waals surface area (Å²) in [7, 11) is 1.99. The van der Waals surface area contributed by atoms with Gasteiger partial charge in [0.05, 0.1) is 18.5 Å². The molecule has 0 saturated carbocycles. The van der Waals surface area contributed by atoms with E-state index in [1.807, 2.05) is 6.92 Å². The Bertz CT molecular complexity index is 322. The maximum absolute atomic E-state index is 11.5. The summed E-state index contributed by atoms with van der Waals surface area (Å²) in [5.74, 6) is 0.0160. The Kier molecular flexibility index (Phi) is 9.29. The van der Waals surface area contributed by atoms with Crippen molar-refractivity contribution >= 4 is 19.7 Å². The number of ether oxygens (including phenoxy) is 1. The first-order valence-corrected chi connectivity index (χ1v) is 9.80. The average Bonchev–Trinajstić information content (AvgIpc) is 2.25. The molecule has 0 saturated heterocycles. The molecular formula is C14H29ClO3S. The second-order valence-electron chi connectivity index (χ2n) is 5.59. The van der Waals surface area contributed by atoms with E-state index in [1.54, 1.807) is 0 Å². The third kappa shape index (κ3) is 8.87. The lowest BCUT2D eigenvalue weighted by Gasteiger charge is -2.33. The number of hydrogen-bond acceptors (Lipinski definition) is 3. The van der Waals surface area contributed by atoms with Gasteiger partial charge in [-0.05, 0) is 26.2 Å². The molecular weight excluding hydrogens is 284 g/mol. The van der Waals surface area contributed by atoms with Crippen LogP contribution in [0, 0.1) is 5.41 Å². The van der Waals surface area contributed by atoms with Crippen molar-refractivity contribution in [3.05, 3.63) is 0 Å². The molecule has 1 unspecified atom stereocenters. The van der Waals surface area contributed by atoms with Gasteiger partial charge in [-0.2, -0.15) is 0 Å². The van der Waals surface area contributed by atoms with Crippen LogP contribution in [-0.2, 0) is 13.8 Å². The Hall–Kier alpha value is 0.200. The molecule has 1 atom stereocenters. The highest BCUT2D eigenvalue weighted by Gasteiger charge is 2.34. The number of halogens is 1. The number of rotatable bonds is 11. The minimum atomic E-state index is -3.49. The molecule has 116 valence electrons. The largest absolute Gasteiger partial charge is 0.378 e. The third-order valence-corrected chi connectivity index (χ3v) is 4.69. The lowest BCUT2D eigenvalue weighted by molar-refractivity contribution is -0.00435. The summed E-state index contributed by atoms with van der Waals surface area (Å²) in [5.41, 5.74) is -0.327. The van der Waals surface area contributed by atoms with Crippen molar-refractivity contribution in [2.75, 3.05) is 12.4 Å². The fourth-order valence-electron chi connectivity index (χ4n) is 2.69. The minimum absolute atomic E-state index is 0.0160. The van der Waals surface area contributed by atoms with Crippen molar-refractivity contribution in [3.8, 4) is 0 Å². The van der Waals surface area contributed by atoms with E-state index < -0.39 is 9.05 Å². The van der Waals surface area contributed by atoms with Crippen molar-refractivity contribution in [1.29, 1.82) is 0 Å². The van der Waals surface area contributed by atoms with Gasteiger partial charge in [0.15, 0.2) is 0 Å². The zero-order chi connectivity index (χ0) is 14.9. The summed E-state index contributed by atoms with van der Waals surface area (Å²) in [5, 5.41) is 0. The highest BCUT2D eigenvalue weighted by molar-refractivity contribution is 8.13. The molecule has 0 amide bonds. The third-order valence-electron chi connectivity index (χ3n) is 3.41. The second kappa shape index (κ2) is 9.19. The van der Waals surface area contributed by atoms with Gasteiger partial charge in [-0.3, -0.25) is 0 Å². The Balaban J connectivity index is 4.79. The van der Waals surface area contributed by atoms with E-state index in [0.29, 0.717) is 6.61 Å². The maximum Gasteiger partial charge on any atom is 0.233 e. The molecule has 0 heterocycles. The molecule has 5 heteroatoms. The summed E-state index contributed by atoms with van der Waals surface area (Å²) in [6, 6.07) is 0. The van der Waals surface area contributed by atoms with Crippen molar-refractivity contribution in [2.24, 2.45) is 5.41 Å². The molecule has 0 fully saturated rings. The smallest absolute Gasteiger partial charge is 0.233 e. The van der Waals surface area contributed by atoms with Crippen LogP contribution in [-0.4, -0.2) is 26.9 Å². The zero-order valence-electron chi connectivity index (χ0n) is 12.7.